The van der Waals surface area contributed by atoms with Gasteiger partial charge in [0.2, 0.25) is 23.6 Å². The van der Waals surface area contributed by atoms with Crippen LogP contribution in [0.25, 0.3) is 0 Å². The summed E-state index contributed by atoms with van der Waals surface area (Å²) >= 11 is 0. The van der Waals surface area contributed by atoms with Crippen LogP contribution in [0.15, 0.2) is 0 Å². The average molecular weight is 915 g/mol. The number of rotatable bonds is 50. The van der Waals surface area contributed by atoms with Crippen molar-refractivity contribution in [3.8, 4) is 0 Å². The molecule has 0 aromatic rings. The number of hydrogen-bond acceptors (Lipinski definition) is 7. The van der Waals surface area contributed by atoms with Gasteiger partial charge < -0.3 is 16.0 Å². The molecule has 380 valence electrons. The van der Waals surface area contributed by atoms with Gasteiger partial charge in [0.05, 0.1) is 0 Å². The molecule has 2 fully saturated rings. The molecule has 65 heavy (non-hydrogen) atoms. The van der Waals surface area contributed by atoms with E-state index in [0.717, 1.165) is 51.9 Å². The number of imide groups is 2. The molecule has 2 saturated heterocycles. The number of nitrogens with zero attached hydrogens (tertiary/aromatic N) is 2. The summed E-state index contributed by atoms with van der Waals surface area (Å²) < 4.78 is 0. The number of amides is 4. The molecule has 0 aromatic heterocycles. The average Bonchev–Trinajstić information content (AvgIpc) is 3.73. The number of likely N-dealkylation sites (tertiary alicyclic amines) is 2. The first kappa shape index (κ1) is 59.3. The molecule has 0 bridgehead atoms. The highest BCUT2D eigenvalue weighted by molar-refractivity contribution is 6.04. The van der Waals surface area contributed by atoms with E-state index in [1.165, 1.54) is 228 Å². The summed E-state index contributed by atoms with van der Waals surface area (Å²) in [5, 5.41) is 10.1. The van der Waals surface area contributed by atoms with Crippen molar-refractivity contribution in [3.05, 3.63) is 0 Å². The van der Waals surface area contributed by atoms with Crippen molar-refractivity contribution >= 4 is 23.6 Å². The second kappa shape index (κ2) is 43.4. The minimum atomic E-state index is -0.121. The molecule has 2 aliphatic heterocycles. The van der Waals surface area contributed by atoms with E-state index in [4.69, 9.17) is 0 Å². The van der Waals surface area contributed by atoms with E-state index in [2.05, 4.69) is 29.8 Å². The maximum atomic E-state index is 12.9. The maximum absolute atomic E-state index is 12.9. The number of nitrogens with one attached hydrogen (secondary N) is 3. The van der Waals surface area contributed by atoms with Crippen molar-refractivity contribution in [1.29, 1.82) is 0 Å². The fourth-order valence-corrected chi connectivity index (χ4v) is 10.1. The van der Waals surface area contributed by atoms with E-state index in [-0.39, 0.29) is 35.5 Å². The molecular formula is C56H107N5O4. The number of hydrogen-bond donors (Lipinski definition) is 3. The molecule has 9 heteroatoms. The van der Waals surface area contributed by atoms with Gasteiger partial charge in [-0.05, 0) is 12.8 Å². The van der Waals surface area contributed by atoms with Crippen molar-refractivity contribution in [3.63, 3.8) is 0 Å². The third-order valence-corrected chi connectivity index (χ3v) is 14.5. The monoisotopic (exact) mass is 914 g/mol. The second-order valence-electron chi connectivity index (χ2n) is 20.4. The summed E-state index contributed by atoms with van der Waals surface area (Å²) in [6.07, 6.45) is 51.2. The minimum Gasteiger partial charge on any atom is -0.314 e. The summed E-state index contributed by atoms with van der Waals surface area (Å²) in [4.78, 5) is 54.0. The smallest absolute Gasteiger partial charge is 0.232 e. The van der Waals surface area contributed by atoms with Gasteiger partial charge in [0.25, 0.3) is 0 Å². The molecule has 0 aromatic carbocycles. The lowest BCUT2D eigenvalue weighted by molar-refractivity contribution is -0.140. The van der Waals surface area contributed by atoms with Crippen LogP contribution in [0, 0.1) is 11.8 Å². The molecule has 2 atom stereocenters. The van der Waals surface area contributed by atoms with Gasteiger partial charge >= 0.3 is 0 Å². The first-order valence-electron chi connectivity index (χ1n) is 28.8. The van der Waals surface area contributed by atoms with Crippen LogP contribution < -0.4 is 16.0 Å². The Morgan fingerprint density at radius 2 is 0.538 bits per heavy atom. The lowest BCUT2D eigenvalue weighted by atomic mass is 9.98. The van der Waals surface area contributed by atoms with Crippen molar-refractivity contribution in [2.75, 3.05) is 52.4 Å². The molecule has 2 rings (SSSR count). The van der Waals surface area contributed by atoms with Crippen molar-refractivity contribution in [2.45, 2.75) is 271 Å². The summed E-state index contributed by atoms with van der Waals surface area (Å²) in [6, 6.07) is 0. The third-order valence-electron chi connectivity index (χ3n) is 14.5. The normalized spacial score (nSPS) is 16.6. The van der Waals surface area contributed by atoms with Crippen molar-refractivity contribution < 1.29 is 19.2 Å². The second-order valence-corrected chi connectivity index (χ2v) is 20.4. The highest BCUT2D eigenvalue weighted by Crippen LogP contribution is 2.26. The fourth-order valence-electron chi connectivity index (χ4n) is 10.1. The van der Waals surface area contributed by atoms with E-state index < -0.39 is 0 Å². The summed E-state index contributed by atoms with van der Waals surface area (Å²) in [5.41, 5.74) is 0. The van der Waals surface area contributed by atoms with E-state index in [1.807, 2.05) is 0 Å². The zero-order valence-electron chi connectivity index (χ0n) is 43.1. The van der Waals surface area contributed by atoms with Gasteiger partial charge in [0.15, 0.2) is 0 Å². The molecule has 0 aliphatic carbocycles. The Hall–Kier alpha value is -1.84. The zero-order chi connectivity index (χ0) is 46.7. The van der Waals surface area contributed by atoms with Gasteiger partial charge in [-0.3, -0.25) is 29.0 Å². The Bertz CT molecular complexity index is 1070. The zero-order valence-corrected chi connectivity index (χ0v) is 43.1. The summed E-state index contributed by atoms with van der Waals surface area (Å²) in [7, 11) is 0. The predicted octanol–water partition coefficient (Wildman–Crippen LogP) is 13.4. The lowest BCUT2D eigenvalue weighted by Gasteiger charge is -2.16. The van der Waals surface area contributed by atoms with Crippen LogP contribution >= 0.6 is 0 Å². The summed E-state index contributed by atoms with van der Waals surface area (Å²) in [5.74, 6) is -0.208. The molecule has 2 heterocycles. The minimum absolute atomic E-state index is 0.0120. The molecule has 9 nitrogen and oxygen atoms in total. The predicted molar refractivity (Wildman–Crippen MR) is 275 cm³/mol. The topological polar surface area (TPSA) is 111 Å². The molecular weight excluding hydrogens is 807 g/mol. The Kier molecular flexibility index (Phi) is 39.6. The van der Waals surface area contributed by atoms with Crippen LogP contribution in [-0.4, -0.2) is 85.8 Å². The van der Waals surface area contributed by atoms with Crippen molar-refractivity contribution in [2.24, 2.45) is 11.8 Å². The molecule has 2 unspecified atom stereocenters. The Labute approximate surface area is 402 Å². The summed E-state index contributed by atoms with van der Waals surface area (Å²) in [6.45, 7) is 9.79. The van der Waals surface area contributed by atoms with Crippen LogP contribution in [0.1, 0.15) is 271 Å². The number of unbranched alkanes of at least 4 members (excludes halogenated alkanes) is 34. The molecule has 0 saturated carbocycles. The third kappa shape index (κ3) is 31.8. The lowest BCUT2D eigenvalue weighted by Crippen LogP contribution is -2.40. The van der Waals surface area contributed by atoms with Crippen LogP contribution in [0.3, 0.4) is 0 Å². The van der Waals surface area contributed by atoms with Crippen molar-refractivity contribution in [1.82, 2.24) is 25.8 Å². The first-order chi connectivity index (χ1) is 32.0. The number of carbonyl (C=O) groups is 4. The highest BCUT2D eigenvalue weighted by atomic mass is 16.2. The van der Waals surface area contributed by atoms with E-state index in [0.29, 0.717) is 39.0 Å². The van der Waals surface area contributed by atoms with Crippen LogP contribution in [0.2, 0.25) is 0 Å². The Morgan fingerprint density at radius 3 is 0.785 bits per heavy atom. The fraction of sp³-hybridized carbons (Fsp3) is 0.929. The molecule has 4 amide bonds. The molecule has 0 radical (unpaired) electrons. The first-order valence-corrected chi connectivity index (χ1v) is 28.8. The quantitative estimate of drug-likeness (QED) is 0.0412. The Balaban J connectivity index is 1.32. The van der Waals surface area contributed by atoms with Gasteiger partial charge in [-0.1, -0.05) is 245 Å². The largest absolute Gasteiger partial charge is 0.314 e. The Morgan fingerprint density at radius 1 is 0.323 bits per heavy atom. The van der Waals surface area contributed by atoms with Crippen LogP contribution in [-0.2, 0) is 19.2 Å². The maximum Gasteiger partial charge on any atom is 0.232 e. The van der Waals surface area contributed by atoms with Gasteiger partial charge in [0.1, 0.15) is 0 Å². The van der Waals surface area contributed by atoms with E-state index >= 15 is 0 Å². The molecule has 2 aliphatic rings. The SMILES string of the molecule is CCCCCCCCCCCCCCCCCCCCC1CC(=O)N(CCNCCNCCNCCN2C(=O)CC(CCCCCCCCCCCCCCCCCCCC)C2=O)C1=O. The van der Waals surface area contributed by atoms with E-state index in [9.17, 15) is 19.2 Å². The van der Waals surface area contributed by atoms with Crippen LogP contribution in [0.4, 0.5) is 0 Å². The van der Waals surface area contributed by atoms with Gasteiger partial charge in [-0.25, -0.2) is 0 Å². The van der Waals surface area contributed by atoms with Gasteiger partial charge in [-0.2, -0.15) is 0 Å². The number of carbonyl (C=O) groups excluding carboxylic acids is 4. The highest BCUT2D eigenvalue weighted by Gasteiger charge is 2.38. The molecule has 0 spiro atoms. The molecule has 3 N–H and O–H groups in total. The van der Waals surface area contributed by atoms with E-state index in [1.54, 1.807) is 0 Å². The van der Waals surface area contributed by atoms with Crippen LogP contribution in [0.5, 0.6) is 0 Å². The van der Waals surface area contributed by atoms with Gasteiger partial charge in [-0.15, -0.1) is 0 Å². The van der Waals surface area contributed by atoms with Gasteiger partial charge in [0, 0.05) is 77.0 Å². The standard InChI is InChI=1S/C56H107N5O4/c1-3-5-7-9-11-13-15-17-19-21-23-25-27-29-31-33-35-37-39-51-49-53(62)60(55(51)64)47-45-58-43-41-57-42-44-59-46-48-61-54(63)50-52(56(61)65)40-38-36-34-32-30-28-26-24-22-20-18-16-14-12-10-8-6-4-2/h51-52,57-59H,3-50H2,1-2H3.